The highest BCUT2D eigenvalue weighted by Crippen LogP contribution is 2.45. The molecule has 2 heterocycles. The van der Waals surface area contributed by atoms with Crippen LogP contribution < -0.4 is 10.1 Å². The zero-order chi connectivity index (χ0) is 26.2. The monoisotopic (exact) mass is 511 g/mol. The van der Waals surface area contributed by atoms with Crippen LogP contribution in [0.15, 0.2) is 54.6 Å². The van der Waals surface area contributed by atoms with Crippen molar-refractivity contribution < 1.29 is 38.4 Å². The molecule has 2 N–H and O–H groups in total. The standard InChI is InChI=1S/C28H33NO8/c1-2-34-25(31)17-35-22-11-7-6-10-19(22)14-20-23-12-13-24(37-23)26(20)27(32)29-21(15-30)28(33)36-16-18-8-4-3-5-9-18/h3-11,20-21,23-24,26,30H,2,12-17H2,1H3,(H,29,32)/t20-,21-,23-,24+,26-/m0/s1. The molecule has 9 heteroatoms. The van der Waals surface area contributed by atoms with E-state index in [1.165, 1.54) is 0 Å². The Hall–Kier alpha value is -3.43. The quantitative estimate of drug-likeness (QED) is 0.416. The minimum Gasteiger partial charge on any atom is -0.482 e. The summed E-state index contributed by atoms with van der Waals surface area (Å²) in [5.74, 6) is -1.59. The number of rotatable bonds is 12. The van der Waals surface area contributed by atoms with Gasteiger partial charge in [0.1, 0.15) is 12.4 Å². The van der Waals surface area contributed by atoms with Gasteiger partial charge in [0, 0.05) is 5.92 Å². The van der Waals surface area contributed by atoms with Crippen LogP contribution in [-0.2, 0) is 41.6 Å². The number of amides is 1. The number of esters is 2. The normalized spacial score (nSPS) is 22.8. The van der Waals surface area contributed by atoms with Gasteiger partial charge >= 0.3 is 11.9 Å². The lowest BCUT2D eigenvalue weighted by atomic mass is 9.75. The average molecular weight is 512 g/mol. The molecule has 2 aliphatic rings. The van der Waals surface area contributed by atoms with E-state index < -0.39 is 30.5 Å². The van der Waals surface area contributed by atoms with Crippen molar-refractivity contribution in [2.45, 2.75) is 51.0 Å². The molecule has 0 aromatic heterocycles. The Morgan fingerprint density at radius 2 is 1.76 bits per heavy atom. The first-order valence-electron chi connectivity index (χ1n) is 12.6. The molecule has 0 saturated carbocycles. The number of aliphatic hydroxyl groups excluding tert-OH is 1. The fourth-order valence-corrected chi connectivity index (χ4v) is 5.08. The van der Waals surface area contributed by atoms with E-state index in [1.807, 2.05) is 48.5 Å². The van der Waals surface area contributed by atoms with Crippen molar-refractivity contribution in [3.8, 4) is 5.75 Å². The van der Waals surface area contributed by atoms with Gasteiger partial charge in [-0.1, -0.05) is 48.5 Å². The maximum Gasteiger partial charge on any atom is 0.344 e. The fraction of sp³-hybridized carbons (Fsp3) is 0.464. The van der Waals surface area contributed by atoms with E-state index in [9.17, 15) is 19.5 Å². The highest BCUT2D eigenvalue weighted by molar-refractivity contribution is 5.86. The molecule has 1 amide bonds. The van der Waals surface area contributed by atoms with Gasteiger partial charge in [0.25, 0.3) is 0 Å². The average Bonchev–Trinajstić information content (AvgIpc) is 3.52. The molecule has 0 unspecified atom stereocenters. The Morgan fingerprint density at radius 1 is 1.03 bits per heavy atom. The molecule has 0 aliphatic carbocycles. The topological polar surface area (TPSA) is 120 Å². The molecule has 198 valence electrons. The first kappa shape index (κ1) is 26.6. The summed E-state index contributed by atoms with van der Waals surface area (Å²) >= 11 is 0. The van der Waals surface area contributed by atoms with Crippen molar-refractivity contribution in [1.82, 2.24) is 5.32 Å². The van der Waals surface area contributed by atoms with E-state index in [-0.39, 0.29) is 43.9 Å². The van der Waals surface area contributed by atoms with Crippen LogP contribution in [0, 0.1) is 11.8 Å². The highest BCUT2D eigenvalue weighted by Gasteiger charge is 2.52. The number of para-hydroxylation sites is 1. The molecule has 2 aliphatic heterocycles. The Bertz CT molecular complexity index is 1070. The number of fused-ring (bicyclic) bond motifs is 2. The number of carbonyl (C=O) groups excluding carboxylic acids is 3. The number of hydrogen-bond acceptors (Lipinski definition) is 8. The maximum absolute atomic E-state index is 13.4. The van der Waals surface area contributed by atoms with E-state index in [1.54, 1.807) is 13.0 Å². The number of carbonyl (C=O) groups is 3. The van der Waals surface area contributed by atoms with Gasteiger partial charge < -0.3 is 29.4 Å². The van der Waals surface area contributed by atoms with Crippen LogP contribution in [0.5, 0.6) is 5.75 Å². The van der Waals surface area contributed by atoms with Gasteiger partial charge in [-0.15, -0.1) is 0 Å². The molecule has 4 rings (SSSR count). The highest BCUT2D eigenvalue weighted by atomic mass is 16.6. The van der Waals surface area contributed by atoms with Gasteiger partial charge in [-0.2, -0.15) is 0 Å². The lowest BCUT2D eigenvalue weighted by Crippen LogP contribution is -2.50. The molecule has 2 fully saturated rings. The third-order valence-electron chi connectivity index (χ3n) is 6.81. The van der Waals surface area contributed by atoms with Crippen molar-refractivity contribution in [2.24, 2.45) is 11.8 Å². The van der Waals surface area contributed by atoms with Gasteiger partial charge in [-0.25, -0.2) is 9.59 Å². The van der Waals surface area contributed by atoms with Gasteiger partial charge in [0.05, 0.1) is 31.3 Å². The minimum absolute atomic E-state index is 0.0501. The lowest BCUT2D eigenvalue weighted by molar-refractivity contribution is -0.151. The number of aliphatic hydroxyl groups is 1. The van der Waals surface area contributed by atoms with Gasteiger partial charge in [0.15, 0.2) is 12.6 Å². The summed E-state index contributed by atoms with van der Waals surface area (Å²) in [6, 6.07) is 15.4. The molecule has 2 saturated heterocycles. The van der Waals surface area contributed by atoms with Crippen LogP contribution in [0.1, 0.15) is 30.9 Å². The van der Waals surface area contributed by atoms with Crippen LogP contribution in [0.25, 0.3) is 0 Å². The molecule has 37 heavy (non-hydrogen) atoms. The zero-order valence-corrected chi connectivity index (χ0v) is 20.8. The molecular formula is C28H33NO8. The Morgan fingerprint density at radius 3 is 2.51 bits per heavy atom. The molecular weight excluding hydrogens is 478 g/mol. The van der Waals surface area contributed by atoms with E-state index in [0.29, 0.717) is 12.2 Å². The predicted octanol–water partition coefficient (Wildman–Crippen LogP) is 2.19. The van der Waals surface area contributed by atoms with Gasteiger partial charge in [-0.05, 0) is 43.4 Å². The van der Waals surface area contributed by atoms with E-state index >= 15 is 0 Å². The summed E-state index contributed by atoms with van der Waals surface area (Å²) in [5, 5.41) is 12.5. The van der Waals surface area contributed by atoms with Crippen molar-refractivity contribution in [3.05, 3.63) is 65.7 Å². The summed E-state index contributed by atoms with van der Waals surface area (Å²) in [7, 11) is 0. The molecule has 9 nitrogen and oxygen atoms in total. The summed E-state index contributed by atoms with van der Waals surface area (Å²) in [5.41, 5.74) is 1.66. The molecule has 2 aromatic carbocycles. The van der Waals surface area contributed by atoms with Crippen LogP contribution >= 0.6 is 0 Å². The first-order chi connectivity index (χ1) is 18.0. The molecule has 2 bridgehead atoms. The second kappa shape index (κ2) is 12.7. The van der Waals surface area contributed by atoms with E-state index in [4.69, 9.17) is 18.9 Å². The van der Waals surface area contributed by atoms with Gasteiger partial charge in [-0.3, -0.25) is 4.79 Å². The Balaban J connectivity index is 1.40. The van der Waals surface area contributed by atoms with Crippen LogP contribution in [-0.4, -0.2) is 61.0 Å². The second-order valence-electron chi connectivity index (χ2n) is 9.22. The third kappa shape index (κ3) is 6.67. The van der Waals surface area contributed by atoms with E-state index in [0.717, 1.165) is 24.0 Å². The fourth-order valence-electron chi connectivity index (χ4n) is 5.08. The zero-order valence-electron chi connectivity index (χ0n) is 20.8. The number of benzene rings is 2. The van der Waals surface area contributed by atoms with Crippen LogP contribution in [0.3, 0.4) is 0 Å². The SMILES string of the molecule is CCOC(=O)COc1ccccc1C[C@@H]1[C@H](C(=O)N[C@@H](CO)C(=O)OCc2ccccc2)[C@H]2CC[C@@H]1O2. The number of nitrogens with one attached hydrogen (secondary N) is 1. The van der Waals surface area contributed by atoms with Crippen molar-refractivity contribution >= 4 is 17.8 Å². The largest absolute Gasteiger partial charge is 0.482 e. The molecule has 0 spiro atoms. The Kier molecular flexibility index (Phi) is 9.14. The number of hydrogen-bond donors (Lipinski definition) is 2. The van der Waals surface area contributed by atoms with E-state index in [2.05, 4.69) is 5.32 Å². The first-order valence-corrected chi connectivity index (χ1v) is 12.6. The van der Waals surface area contributed by atoms with Crippen molar-refractivity contribution in [2.75, 3.05) is 19.8 Å². The summed E-state index contributed by atoms with van der Waals surface area (Å²) < 4.78 is 22.0. The summed E-state index contributed by atoms with van der Waals surface area (Å²) in [6.07, 6.45) is 1.73. The smallest absolute Gasteiger partial charge is 0.344 e. The minimum atomic E-state index is -1.17. The van der Waals surface area contributed by atoms with Gasteiger partial charge in [0.2, 0.25) is 5.91 Å². The molecule has 2 aromatic rings. The Labute approximate surface area is 216 Å². The molecule has 5 atom stereocenters. The summed E-state index contributed by atoms with van der Waals surface area (Å²) in [6.45, 7) is 1.28. The third-order valence-corrected chi connectivity index (χ3v) is 6.81. The second-order valence-corrected chi connectivity index (χ2v) is 9.22. The number of ether oxygens (including phenoxy) is 4. The van der Waals surface area contributed by atoms with Crippen molar-refractivity contribution in [1.29, 1.82) is 0 Å². The summed E-state index contributed by atoms with van der Waals surface area (Å²) in [4.78, 5) is 37.7. The molecule has 0 radical (unpaired) electrons. The predicted molar refractivity (Wildman–Crippen MR) is 132 cm³/mol. The van der Waals surface area contributed by atoms with Crippen LogP contribution in [0.4, 0.5) is 0 Å². The van der Waals surface area contributed by atoms with Crippen LogP contribution in [0.2, 0.25) is 0 Å². The lowest BCUT2D eigenvalue weighted by Gasteiger charge is -2.29. The maximum atomic E-state index is 13.4. The van der Waals surface area contributed by atoms with Crippen molar-refractivity contribution in [3.63, 3.8) is 0 Å².